The third kappa shape index (κ3) is 3.11. The number of benzene rings is 1. The van der Waals surface area contributed by atoms with E-state index in [1.54, 1.807) is 0 Å². The van der Waals surface area contributed by atoms with Crippen LogP contribution in [0.3, 0.4) is 0 Å². The van der Waals surface area contributed by atoms with Crippen molar-refractivity contribution in [2.24, 2.45) is 5.92 Å². The second-order valence-electron chi connectivity index (χ2n) is 12.2. The van der Waals surface area contributed by atoms with Crippen LogP contribution in [-0.4, -0.2) is 52.9 Å². The summed E-state index contributed by atoms with van der Waals surface area (Å²) in [6, 6.07) is 6.66. The average Bonchev–Trinajstić information content (AvgIpc) is 3.36. The molecule has 2 N–H and O–H groups in total. The Kier molecular flexibility index (Phi) is 4.93. The van der Waals surface area contributed by atoms with Crippen molar-refractivity contribution in [3.63, 3.8) is 0 Å². The molecule has 0 radical (unpaired) electrons. The molecule has 1 saturated carbocycles. The number of nitrogen functional groups attached to an aromatic ring is 1. The van der Waals surface area contributed by atoms with Gasteiger partial charge < -0.3 is 19.9 Å². The van der Waals surface area contributed by atoms with Crippen LogP contribution >= 0.6 is 0 Å². The molecule has 8 nitrogen and oxygen atoms in total. The van der Waals surface area contributed by atoms with E-state index in [-0.39, 0.29) is 11.6 Å². The first-order chi connectivity index (χ1) is 18.5. The van der Waals surface area contributed by atoms with E-state index >= 15 is 0 Å². The molecule has 198 valence electrons. The standard InChI is InChI=1S/C29H32FN5O3/c30-18-10-28(5-1-6-35(28)13-18)15-37-27-33-23-11-29(38-14-21(23)26(34-27)24-4-7-36-24)17-8-16(9-17)19-2-3-22(32)20(12-31)25(19)29/h2-3,16-18,24H,1,4-11,13-15,32H2. The van der Waals surface area contributed by atoms with Crippen molar-refractivity contribution in [2.75, 3.05) is 32.0 Å². The molecule has 0 amide bonds. The summed E-state index contributed by atoms with van der Waals surface area (Å²) in [4.78, 5) is 12.0. The average molecular weight is 518 g/mol. The van der Waals surface area contributed by atoms with Gasteiger partial charge in [-0.2, -0.15) is 15.2 Å². The lowest BCUT2D eigenvalue weighted by Gasteiger charge is -2.57. The number of nitrogens with zero attached hydrogens (tertiary/aromatic N) is 4. The number of anilines is 1. The Hall–Kier alpha value is -2.80. The van der Waals surface area contributed by atoms with Crippen LogP contribution < -0.4 is 10.5 Å². The van der Waals surface area contributed by atoms with Crippen molar-refractivity contribution in [3.8, 4) is 12.1 Å². The van der Waals surface area contributed by atoms with Crippen molar-refractivity contribution in [1.29, 1.82) is 5.26 Å². The lowest BCUT2D eigenvalue weighted by Crippen LogP contribution is -2.53. The van der Waals surface area contributed by atoms with Gasteiger partial charge in [0.25, 0.3) is 0 Å². The lowest BCUT2D eigenvalue weighted by atomic mass is 9.53. The maximum atomic E-state index is 14.3. The van der Waals surface area contributed by atoms with Gasteiger partial charge in [-0.05, 0) is 55.7 Å². The minimum absolute atomic E-state index is 0.0911. The van der Waals surface area contributed by atoms with Crippen LogP contribution in [0, 0.1) is 17.2 Å². The molecule has 7 aliphatic rings. The molecule has 3 aliphatic carbocycles. The molecule has 3 saturated heterocycles. The van der Waals surface area contributed by atoms with Crippen molar-refractivity contribution in [1.82, 2.24) is 14.9 Å². The molecule has 4 aliphatic heterocycles. The normalized spacial score (nSPS) is 36.5. The van der Waals surface area contributed by atoms with E-state index < -0.39 is 11.8 Å². The summed E-state index contributed by atoms with van der Waals surface area (Å²) >= 11 is 0. The van der Waals surface area contributed by atoms with E-state index in [4.69, 9.17) is 29.9 Å². The molecular weight excluding hydrogens is 485 g/mol. The monoisotopic (exact) mass is 517 g/mol. The molecule has 1 spiro atoms. The number of nitriles is 1. The molecule has 4 atom stereocenters. The second kappa shape index (κ2) is 8.10. The maximum absolute atomic E-state index is 14.3. The first-order valence-corrected chi connectivity index (χ1v) is 14.0. The van der Waals surface area contributed by atoms with Gasteiger partial charge >= 0.3 is 6.01 Å². The fraction of sp³-hybridized carbons (Fsp3) is 0.621. The number of alkyl halides is 1. The topological polar surface area (TPSA) is 107 Å². The number of ether oxygens (including phenoxy) is 3. The van der Waals surface area contributed by atoms with Crippen molar-refractivity contribution < 1.29 is 18.6 Å². The zero-order valence-electron chi connectivity index (χ0n) is 21.4. The summed E-state index contributed by atoms with van der Waals surface area (Å²) in [7, 11) is 0. The predicted octanol–water partition coefficient (Wildman–Crippen LogP) is 3.82. The molecule has 5 heterocycles. The highest BCUT2D eigenvalue weighted by molar-refractivity contribution is 5.65. The lowest BCUT2D eigenvalue weighted by molar-refractivity contribution is -0.152. The number of rotatable bonds is 4. The fourth-order valence-corrected chi connectivity index (χ4v) is 8.19. The molecule has 1 aromatic carbocycles. The number of halogens is 1. The smallest absolute Gasteiger partial charge is 0.317 e. The predicted molar refractivity (Wildman–Crippen MR) is 135 cm³/mol. The van der Waals surface area contributed by atoms with E-state index in [0.29, 0.717) is 68.3 Å². The van der Waals surface area contributed by atoms with Crippen LogP contribution in [0.5, 0.6) is 6.01 Å². The number of fused-ring (bicyclic) bond motifs is 2. The van der Waals surface area contributed by atoms with Gasteiger partial charge in [-0.15, -0.1) is 0 Å². The number of hydrogen-bond acceptors (Lipinski definition) is 8. The summed E-state index contributed by atoms with van der Waals surface area (Å²) in [5.74, 6) is 0.775. The number of hydrogen-bond donors (Lipinski definition) is 1. The molecule has 4 unspecified atom stereocenters. The maximum Gasteiger partial charge on any atom is 0.317 e. The summed E-state index contributed by atoms with van der Waals surface area (Å²) in [6.07, 6.45) is 5.15. The Morgan fingerprint density at radius 2 is 2.16 bits per heavy atom. The quantitative estimate of drug-likeness (QED) is 0.610. The zero-order chi connectivity index (χ0) is 25.6. The van der Waals surface area contributed by atoms with E-state index in [1.165, 1.54) is 5.56 Å². The number of aromatic nitrogens is 2. The van der Waals surface area contributed by atoms with Crippen LogP contribution in [0.25, 0.3) is 0 Å². The highest BCUT2D eigenvalue weighted by Crippen LogP contribution is 2.62. The SMILES string of the molecule is N#Cc1c(N)ccc2c1C1(Cc3nc(OCC45CCCN4CC(F)C5)nc(C4CCO4)c3CO1)C1CC2C1. The molecule has 9 rings (SSSR count). The minimum Gasteiger partial charge on any atom is -0.461 e. The Morgan fingerprint density at radius 1 is 1.29 bits per heavy atom. The van der Waals surface area contributed by atoms with Crippen LogP contribution in [0.4, 0.5) is 10.1 Å². The van der Waals surface area contributed by atoms with Gasteiger partial charge in [0.05, 0.1) is 35.7 Å². The van der Waals surface area contributed by atoms with Crippen LogP contribution in [-0.2, 0) is 28.1 Å². The highest BCUT2D eigenvalue weighted by Gasteiger charge is 2.58. The molecule has 4 fully saturated rings. The molecule has 9 heteroatoms. The van der Waals surface area contributed by atoms with Crippen molar-refractivity contribution in [2.45, 2.75) is 80.9 Å². The van der Waals surface area contributed by atoms with E-state index in [0.717, 1.165) is 61.2 Å². The van der Waals surface area contributed by atoms with Crippen molar-refractivity contribution >= 4 is 5.69 Å². The number of nitrogens with two attached hydrogens (primary N) is 1. The largest absolute Gasteiger partial charge is 0.461 e. The molecule has 2 aromatic rings. The van der Waals surface area contributed by atoms with Crippen LogP contribution in [0.2, 0.25) is 0 Å². The fourth-order valence-electron chi connectivity index (χ4n) is 8.19. The Bertz CT molecular complexity index is 1370. The molecule has 2 bridgehead atoms. The van der Waals surface area contributed by atoms with E-state index in [9.17, 15) is 9.65 Å². The van der Waals surface area contributed by atoms with Gasteiger partial charge in [0.2, 0.25) is 0 Å². The molecule has 38 heavy (non-hydrogen) atoms. The van der Waals surface area contributed by atoms with E-state index in [2.05, 4.69) is 17.0 Å². The van der Waals surface area contributed by atoms with E-state index in [1.807, 2.05) is 6.07 Å². The summed E-state index contributed by atoms with van der Waals surface area (Å²) < 4.78 is 33.3. The van der Waals surface area contributed by atoms with Gasteiger partial charge in [-0.1, -0.05) is 6.07 Å². The van der Waals surface area contributed by atoms with Crippen LogP contribution in [0.15, 0.2) is 12.1 Å². The third-order valence-electron chi connectivity index (χ3n) is 10.3. The first kappa shape index (κ1) is 23.1. The second-order valence-corrected chi connectivity index (χ2v) is 12.2. The minimum atomic E-state index is -0.807. The van der Waals surface area contributed by atoms with Crippen LogP contribution in [0.1, 0.15) is 84.2 Å². The van der Waals surface area contributed by atoms with Gasteiger partial charge in [-0.25, -0.2) is 4.39 Å². The summed E-state index contributed by atoms with van der Waals surface area (Å²) in [5.41, 5.74) is 11.3. The molecule has 1 aromatic heterocycles. The zero-order valence-corrected chi connectivity index (χ0v) is 21.4. The summed E-state index contributed by atoms with van der Waals surface area (Å²) in [6.45, 7) is 2.87. The Morgan fingerprint density at radius 3 is 2.95 bits per heavy atom. The first-order valence-electron chi connectivity index (χ1n) is 14.0. The highest BCUT2D eigenvalue weighted by atomic mass is 19.1. The third-order valence-corrected chi connectivity index (χ3v) is 10.3. The van der Waals surface area contributed by atoms with Gasteiger partial charge in [0, 0.05) is 42.6 Å². The molecular formula is C29H32FN5O3. The Balaban J connectivity index is 1.18. The van der Waals surface area contributed by atoms with Crippen molar-refractivity contribution in [3.05, 3.63) is 45.8 Å². The Labute approximate surface area is 221 Å². The summed E-state index contributed by atoms with van der Waals surface area (Å²) in [5, 5.41) is 10.1. The van der Waals surface area contributed by atoms with Gasteiger partial charge in [0.15, 0.2) is 0 Å². The van der Waals surface area contributed by atoms with Gasteiger partial charge in [0.1, 0.15) is 30.6 Å². The van der Waals surface area contributed by atoms with Gasteiger partial charge in [-0.3, -0.25) is 4.90 Å².